The second-order valence-electron chi connectivity index (χ2n) is 9.58. The summed E-state index contributed by atoms with van der Waals surface area (Å²) in [7, 11) is 1.69. The molecule has 2 aliphatic rings. The quantitative estimate of drug-likeness (QED) is 0.370. The van der Waals surface area contributed by atoms with Crippen LogP contribution in [0.1, 0.15) is 23.2 Å². The lowest BCUT2D eigenvalue weighted by Gasteiger charge is -2.38. The molecule has 0 spiro atoms. The molecule has 2 aliphatic heterocycles. The molecule has 0 saturated carbocycles. The van der Waals surface area contributed by atoms with Crippen LogP contribution in [0.25, 0.3) is 0 Å². The molecule has 0 bridgehead atoms. The smallest absolute Gasteiger partial charge is 0.323 e. The molecule has 0 unspecified atom stereocenters. The fourth-order valence-corrected chi connectivity index (χ4v) is 5.56. The van der Waals surface area contributed by atoms with Crippen LogP contribution < -0.4 is 25.2 Å². The highest BCUT2D eigenvalue weighted by Gasteiger charge is 2.27. The SMILES string of the molecule is COc1ccccc1N1CCN(c2ccc(NC(=O)Nc3ccc(Cl)cc3Cl)cc2C(=O)N2CCCC2)CC1. The third-order valence-electron chi connectivity index (χ3n) is 7.10. The Morgan fingerprint density at radius 2 is 1.49 bits per heavy atom. The summed E-state index contributed by atoms with van der Waals surface area (Å²) < 4.78 is 5.55. The zero-order valence-electron chi connectivity index (χ0n) is 21.8. The molecule has 8 nitrogen and oxygen atoms in total. The number of nitrogens with one attached hydrogen (secondary N) is 2. The van der Waals surface area contributed by atoms with Crippen molar-refractivity contribution in [1.29, 1.82) is 0 Å². The summed E-state index contributed by atoms with van der Waals surface area (Å²) in [5.74, 6) is 0.837. The van der Waals surface area contributed by atoms with Crippen LogP contribution in [0.15, 0.2) is 60.7 Å². The summed E-state index contributed by atoms with van der Waals surface area (Å²) >= 11 is 12.2. The molecule has 5 rings (SSSR count). The van der Waals surface area contributed by atoms with Crippen LogP contribution in [-0.4, -0.2) is 63.2 Å². The topological polar surface area (TPSA) is 77.1 Å². The molecule has 0 aromatic heterocycles. The highest BCUT2D eigenvalue weighted by atomic mass is 35.5. The lowest BCUT2D eigenvalue weighted by atomic mass is 10.1. The average molecular weight is 569 g/mol. The van der Waals surface area contributed by atoms with Gasteiger partial charge in [0.1, 0.15) is 5.75 Å². The maximum absolute atomic E-state index is 13.6. The maximum atomic E-state index is 13.6. The zero-order valence-corrected chi connectivity index (χ0v) is 23.3. The van der Waals surface area contributed by atoms with Gasteiger partial charge >= 0.3 is 6.03 Å². The van der Waals surface area contributed by atoms with Crippen molar-refractivity contribution in [2.45, 2.75) is 12.8 Å². The minimum absolute atomic E-state index is 0.0144. The molecule has 0 radical (unpaired) electrons. The van der Waals surface area contributed by atoms with Gasteiger partial charge in [0.05, 0.1) is 29.1 Å². The van der Waals surface area contributed by atoms with Gasteiger partial charge in [-0.1, -0.05) is 35.3 Å². The molecular weight excluding hydrogens is 537 g/mol. The third-order valence-corrected chi connectivity index (χ3v) is 7.65. The van der Waals surface area contributed by atoms with Gasteiger partial charge in [0.25, 0.3) is 5.91 Å². The van der Waals surface area contributed by atoms with Gasteiger partial charge in [0.15, 0.2) is 0 Å². The van der Waals surface area contributed by atoms with Crippen molar-refractivity contribution < 1.29 is 14.3 Å². The van der Waals surface area contributed by atoms with Crippen LogP contribution in [0.3, 0.4) is 0 Å². The van der Waals surface area contributed by atoms with Crippen molar-refractivity contribution in [1.82, 2.24) is 4.90 Å². The van der Waals surface area contributed by atoms with Crippen LogP contribution in [0.2, 0.25) is 10.0 Å². The van der Waals surface area contributed by atoms with E-state index in [0.717, 1.165) is 69.2 Å². The van der Waals surface area contributed by atoms with Crippen LogP contribution >= 0.6 is 23.2 Å². The number of amides is 3. The molecule has 2 N–H and O–H groups in total. The van der Waals surface area contributed by atoms with Crippen LogP contribution in [0.4, 0.5) is 27.5 Å². The van der Waals surface area contributed by atoms with Crippen molar-refractivity contribution in [2.24, 2.45) is 0 Å². The molecule has 2 fully saturated rings. The Bertz CT molecular complexity index is 1350. The molecule has 39 heavy (non-hydrogen) atoms. The number of piperazine rings is 1. The molecule has 3 aromatic rings. The number of carbonyl (C=O) groups is 2. The van der Waals surface area contributed by atoms with Gasteiger partial charge in [-0.3, -0.25) is 4.79 Å². The molecule has 2 heterocycles. The third kappa shape index (κ3) is 6.18. The van der Waals surface area contributed by atoms with Crippen molar-refractivity contribution >= 4 is 57.9 Å². The van der Waals surface area contributed by atoms with E-state index >= 15 is 0 Å². The molecule has 204 valence electrons. The number of hydrogen-bond acceptors (Lipinski definition) is 5. The van der Waals surface area contributed by atoms with Crippen molar-refractivity contribution in [3.63, 3.8) is 0 Å². The fourth-order valence-electron chi connectivity index (χ4n) is 5.11. The number of anilines is 4. The van der Waals surface area contributed by atoms with E-state index in [1.54, 1.807) is 31.4 Å². The van der Waals surface area contributed by atoms with Crippen molar-refractivity contribution in [2.75, 3.05) is 66.8 Å². The van der Waals surface area contributed by atoms with Crippen molar-refractivity contribution in [3.8, 4) is 5.75 Å². The highest BCUT2D eigenvalue weighted by Crippen LogP contribution is 2.32. The Hall–Kier alpha value is -3.62. The monoisotopic (exact) mass is 567 g/mol. The zero-order chi connectivity index (χ0) is 27.4. The number of halogens is 2. The predicted molar refractivity (Wildman–Crippen MR) is 158 cm³/mol. The Kier molecular flexibility index (Phi) is 8.33. The summed E-state index contributed by atoms with van der Waals surface area (Å²) in [5, 5.41) is 6.39. The number of benzene rings is 3. The van der Waals surface area contributed by atoms with Crippen LogP contribution in [0, 0.1) is 0 Å². The van der Waals surface area contributed by atoms with Gasteiger partial charge in [-0.2, -0.15) is 0 Å². The Morgan fingerprint density at radius 1 is 0.795 bits per heavy atom. The van der Waals surface area contributed by atoms with E-state index in [-0.39, 0.29) is 5.91 Å². The molecule has 10 heteroatoms. The number of ether oxygens (including phenoxy) is 1. The van der Waals surface area contributed by atoms with Gasteiger partial charge in [0, 0.05) is 55.7 Å². The first-order valence-electron chi connectivity index (χ1n) is 13.0. The molecular formula is C29H31Cl2N5O3. The number of likely N-dealkylation sites (tertiary alicyclic amines) is 1. The van der Waals surface area contributed by atoms with Gasteiger partial charge in [-0.05, 0) is 61.4 Å². The van der Waals surface area contributed by atoms with Crippen molar-refractivity contribution in [3.05, 3.63) is 76.3 Å². The lowest BCUT2D eigenvalue weighted by Crippen LogP contribution is -2.47. The molecule has 0 aliphatic carbocycles. The first-order valence-corrected chi connectivity index (χ1v) is 13.8. The fraction of sp³-hybridized carbons (Fsp3) is 0.310. The molecule has 2 saturated heterocycles. The summed E-state index contributed by atoms with van der Waals surface area (Å²) in [6.07, 6.45) is 2.00. The van der Waals surface area contributed by atoms with Gasteiger partial charge < -0.3 is 30.1 Å². The lowest BCUT2D eigenvalue weighted by molar-refractivity contribution is 0.0793. The Labute approximate surface area is 238 Å². The second kappa shape index (κ2) is 12.1. The number of para-hydroxylation sites is 2. The maximum Gasteiger partial charge on any atom is 0.323 e. The predicted octanol–water partition coefficient (Wildman–Crippen LogP) is 6.21. The first kappa shape index (κ1) is 27.0. The van der Waals surface area contributed by atoms with E-state index in [1.165, 1.54) is 0 Å². The van der Waals surface area contributed by atoms with E-state index in [1.807, 2.05) is 35.2 Å². The van der Waals surface area contributed by atoms with Gasteiger partial charge in [-0.25, -0.2) is 4.79 Å². The standard InChI is InChI=1S/C29H31Cl2N5O3/c1-39-27-7-3-2-6-26(27)35-16-14-34(15-17-35)25-11-9-21(19-22(25)28(37)36-12-4-5-13-36)32-29(38)33-24-10-8-20(30)18-23(24)31/h2-3,6-11,18-19H,4-5,12-17H2,1H3,(H2,32,33,38). The normalized spacial score (nSPS) is 15.3. The summed E-state index contributed by atoms with van der Waals surface area (Å²) in [6.45, 7) is 4.57. The first-order chi connectivity index (χ1) is 18.9. The number of nitrogens with zero attached hydrogens (tertiary/aromatic N) is 3. The number of methoxy groups -OCH3 is 1. The second-order valence-corrected chi connectivity index (χ2v) is 10.4. The number of rotatable bonds is 6. The van der Waals surface area contributed by atoms with E-state index in [9.17, 15) is 9.59 Å². The van der Waals surface area contributed by atoms with E-state index in [0.29, 0.717) is 27.0 Å². The minimum Gasteiger partial charge on any atom is -0.495 e. The number of hydrogen-bond donors (Lipinski definition) is 2. The minimum atomic E-state index is -0.461. The Morgan fingerprint density at radius 3 is 2.18 bits per heavy atom. The molecule has 3 amide bonds. The van der Waals surface area contributed by atoms with Gasteiger partial charge in [-0.15, -0.1) is 0 Å². The van der Waals surface area contributed by atoms with E-state index in [2.05, 4.69) is 26.5 Å². The largest absolute Gasteiger partial charge is 0.495 e. The van der Waals surface area contributed by atoms with E-state index in [4.69, 9.17) is 27.9 Å². The van der Waals surface area contributed by atoms with Crippen LogP contribution in [0.5, 0.6) is 5.75 Å². The van der Waals surface area contributed by atoms with E-state index < -0.39 is 6.03 Å². The number of carbonyl (C=O) groups excluding carboxylic acids is 2. The van der Waals surface area contributed by atoms with Crippen LogP contribution in [-0.2, 0) is 0 Å². The number of urea groups is 1. The summed E-state index contributed by atoms with van der Waals surface area (Å²) in [5.41, 5.74) is 3.50. The summed E-state index contributed by atoms with van der Waals surface area (Å²) in [4.78, 5) is 32.8. The molecule has 3 aromatic carbocycles. The average Bonchev–Trinajstić information content (AvgIpc) is 3.49. The Balaban J connectivity index is 1.34. The molecule has 0 atom stereocenters. The highest BCUT2D eigenvalue weighted by molar-refractivity contribution is 6.36. The van der Waals surface area contributed by atoms with Gasteiger partial charge in [0.2, 0.25) is 0 Å². The summed E-state index contributed by atoms with van der Waals surface area (Å²) in [6, 6.07) is 17.9.